The first-order chi connectivity index (χ1) is 11.6. The van der Waals surface area contributed by atoms with Crippen LogP contribution in [-0.2, 0) is 11.3 Å². The summed E-state index contributed by atoms with van der Waals surface area (Å²) in [5.41, 5.74) is 0.401. The SMILES string of the molecule is CC(C)(C)OC(=O)Nc1cc(NCc2ccc(O)c(F)c2)ccc1F. The van der Waals surface area contributed by atoms with E-state index in [2.05, 4.69) is 10.6 Å². The zero-order valence-electron chi connectivity index (χ0n) is 14.2. The molecule has 0 fully saturated rings. The van der Waals surface area contributed by atoms with Gasteiger partial charge in [0.1, 0.15) is 11.4 Å². The van der Waals surface area contributed by atoms with Gasteiger partial charge in [-0.15, -0.1) is 0 Å². The minimum absolute atomic E-state index is 0.0314. The Labute approximate surface area is 144 Å². The largest absolute Gasteiger partial charge is 0.505 e. The molecule has 0 unspecified atom stereocenters. The van der Waals surface area contributed by atoms with E-state index in [1.807, 2.05) is 0 Å². The van der Waals surface area contributed by atoms with Crippen molar-refractivity contribution in [1.82, 2.24) is 0 Å². The number of halogens is 2. The highest BCUT2D eigenvalue weighted by Crippen LogP contribution is 2.22. The maximum atomic E-state index is 13.8. The van der Waals surface area contributed by atoms with Gasteiger partial charge in [-0.3, -0.25) is 5.32 Å². The second kappa shape index (κ2) is 7.38. The fourth-order valence-electron chi connectivity index (χ4n) is 2.01. The number of rotatable bonds is 4. The zero-order chi connectivity index (χ0) is 18.6. The standard InChI is InChI=1S/C18H20F2N2O3/c1-18(2,3)25-17(24)22-15-9-12(5-6-13(15)19)21-10-11-4-7-16(23)14(20)8-11/h4-9,21,23H,10H2,1-3H3,(H,22,24). The van der Waals surface area contributed by atoms with Gasteiger partial charge < -0.3 is 15.2 Å². The first-order valence-corrected chi connectivity index (χ1v) is 7.65. The molecule has 0 spiro atoms. The minimum Gasteiger partial charge on any atom is -0.505 e. The molecular weight excluding hydrogens is 330 g/mol. The van der Waals surface area contributed by atoms with Crippen molar-refractivity contribution in [2.45, 2.75) is 32.9 Å². The van der Waals surface area contributed by atoms with E-state index in [1.54, 1.807) is 26.8 Å². The van der Waals surface area contributed by atoms with Crippen LogP contribution in [0, 0.1) is 11.6 Å². The van der Waals surface area contributed by atoms with Crippen molar-refractivity contribution >= 4 is 17.5 Å². The maximum absolute atomic E-state index is 13.8. The summed E-state index contributed by atoms with van der Waals surface area (Å²) in [7, 11) is 0. The molecule has 134 valence electrons. The Morgan fingerprint density at radius 1 is 1.12 bits per heavy atom. The van der Waals surface area contributed by atoms with Crippen LogP contribution in [0.3, 0.4) is 0 Å². The van der Waals surface area contributed by atoms with Crippen LogP contribution in [0.25, 0.3) is 0 Å². The van der Waals surface area contributed by atoms with Crippen LogP contribution in [0.1, 0.15) is 26.3 Å². The van der Waals surface area contributed by atoms with Gasteiger partial charge in [0.05, 0.1) is 5.69 Å². The molecule has 2 rings (SSSR count). The first-order valence-electron chi connectivity index (χ1n) is 7.65. The Hall–Kier alpha value is -2.83. The normalized spacial score (nSPS) is 11.1. The van der Waals surface area contributed by atoms with Gasteiger partial charge >= 0.3 is 6.09 Å². The quantitative estimate of drug-likeness (QED) is 0.752. The van der Waals surface area contributed by atoms with Gasteiger partial charge in [-0.05, 0) is 56.7 Å². The van der Waals surface area contributed by atoms with Gasteiger partial charge in [-0.1, -0.05) is 6.07 Å². The molecule has 0 heterocycles. The van der Waals surface area contributed by atoms with E-state index >= 15 is 0 Å². The summed E-state index contributed by atoms with van der Waals surface area (Å²) >= 11 is 0. The summed E-state index contributed by atoms with van der Waals surface area (Å²) in [4.78, 5) is 11.8. The van der Waals surface area contributed by atoms with Crippen molar-refractivity contribution in [2.75, 3.05) is 10.6 Å². The highest BCUT2D eigenvalue weighted by Gasteiger charge is 2.17. The lowest BCUT2D eigenvalue weighted by atomic mass is 10.2. The second-order valence-corrected chi connectivity index (χ2v) is 6.46. The lowest BCUT2D eigenvalue weighted by Gasteiger charge is -2.20. The third-order valence-corrected chi connectivity index (χ3v) is 3.11. The molecule has 3 N–H and O–H groups in total. The summed E-state index contributed by atoms with van der Waals surface area (Å²) in [5.74, 6) is -1.74. The van der Waals surface area contributed by atoms with Gasteiger partial charge in [0, 0.05) is 12.2 Å². The molecule has 0 aliphatic rings. The molecule has 0 bridgehead atoms. The van der Waals surface area contributed by atoms with E-state index in [4.69, 9.17) is 4.74 Å². The third kappa shape index (κ3) is 5.63. The van der Waals surface area contributed by atoms with Crippen LogP contribution in [0.5, 0.6) is 5.75 Å². The number of hydrogen-bond acceptors (Lipinski definition) is 4. The van der Waals surface area contributed by atoms with Crippen LogP contribution >= 0.6 is 0 Å². The Balaban J connectivity index is 2.05. The molecule has 0 aliphatic heterocycles. The number of amides is 1. The summed E-state index contributed by atoms with van der Waals surface area (Å²) < 4.78 is 32.2. The average Bonchev–Trinajstić information content (AvgIpc) is 2.49. The van der Waals surface area contributed by atoms with Gasteiger partial charge in [0.25, 0.3) is 0 Å². The number of carbonyl (C=O) groups excluding carboxylic acids is 1. The second-order valence-electron chi connectivity index (χ2n) is 6.46. The Morgan fingerprint density at radius 3 is 2.48 bits per heavy atom. The highest BCUT2D eigenvalue weighted by atomic mass is 19.1. The molecule has 0 atom stereocenters. The van der Waals surface area contributed by atoms with Gasteiger partial charge in [0.15, 0.2) is 11.6 Å². The summed E-state index contributed by atoms with van der Waals surface area (Å²) in [6.07, 6.45) is -0.760. The van der Waals surface area contributed by atoms with Crippen LogP contribution in [0.2, 0.25) is 0 Å². The topological polar surface area (TPSA) is 70.6 Å². The Bertz CT molecular complexity index is 773. The number of benzene rings is 2. The predicted octanol–water partition coefficient (Wildman–Crippen LogP) is 4.63. The average molecular weight is 350 g/mol. The smallest absolute Gasteiger partial charge is 0.412 e. The Morgan fingerprint density at radius 2 is 1.84 bits per heavy atom. The molecule has 1 amide bonds. The number of hydrogen-bond donors (Lipinski definition) is 3. The molecule has 5 nitrogen and oxygen atoms in total. The van der Waals surface area contributed by atoms with Crippen LogP contribution in [0.4, 0.5) is 25.0 Å². The molecule has 0 radical (unpaired) electrons. The van der Waals surface area contributed by atoms with E-state index in [0.29, 0.717) is 11.3 Å². The number of aromatic hydroxyl groups is 1. The molecule has 0 saturated heterocycles. The van der Waals surface area contributed by atoms with Crippen molar-refractivity contribution < 1.29 is 23.4 Å². The fourth-order valence-corrected chi connectivity index (χ4v) is 2.01. The summed E-state index contributed by atoms with van der Waals surface area (Å²) in [6.45, 7) is 5.38. The maximum Gasteiger partial charge on any atom is 0.412 e. The van der Waals surface area contributed by atoms with E-state index < -0.39 is 29.1 Å². The van der Waals surface area contributed by atoms with Crippen molar-refractivity contribution in [1.29, 1.82) is 0 Å². The molecular formula is C18H20F2N2O3. The molecule has 25 heavy (non-hydrogen) atoms. The lowest BCUT2D eigenvalue weighted by Crippen LogP contribution is -2.27. The van der Waals surface area contributed by atoms with Gasteiger partial charge in [-0.25, -0.2) is 13.6 Å². The number of anilines is 2. The third-order valence-electron chi connectivity index (χ3n) is 3.11. The van der Waals surface area contributed by atoms with Crippen molar-refractivity contribution in [2.24, 2.45) is 0 Å². The summed E-state index contributed by atoms with van der Waals surface area (Å²) in [5, 5.41) is 14.5. The van der Waals surface area contributed by atoms with E-state index in [-0.39, 0.29) is 12.2 Å². The van der Waals surface area contributed by atoms with Crippen molar-refractivity contribution in [3.8, 4) is 5.75 Å². The van der Waals surface area contributed by atoms with Crippen molar-refractivity contribution in [3.05, 3.63) is 53.6 Å². The van der Waals surface area contributed by atoms with Gasteiger partial charge in [0.2, 0.25) is 0 Å². The van der Waals surface area contributed by atoms with Crippen LogP contribution in [0.15, 0.2) is 36.4 Å². The monoisotopic (exact) mass is 350 g/mol. The molecule has 2 aromatic carbocycles. The minimum atomic E-state index is -0.760. The predicted molar refractivity (Wildman–Crippen MR) is 91.6 cm³/mol. The number of nitrogens with one attached hydrogen (secondary N) is 2. The van der Waals surface area contributed by atoms with E-state index in [0.717, 1.165) is 0 Å². The molecule has 0 saturated carbocycles. The molecule has 0 aliphatic carbocycles. The van der Waals surface area contributed by atoms with Crippen molar-refractivity contribution in [3.63, 3.8) is 0 Å². The van der Waals surface area contributed by atoms with Gasteiger partial charge in [-0.2, -0.15) is 0 Å². The number of phenolic OH excluding ortho intramolecular Hbond substituents is 1. The molecule has 7 heteroatoms. The van der Waals surface area contributed by atoms with Crippen LogP contribution < -0.4 is 10.6 Å². The molecule has 2 aromatic rings. The number of carbonyl (C=O) groups is 1. The van der Waals surface area contributed by atoms with Crippen LogP contribution in [-0.4, -0.2) is 16.8 Å². The first kappa shape index (κ1) is 18.5. The van der Waals surface area contributed by atoms with E-state index in [9.17, 15) is 18.7 Å². The Kier molecular flexibility index (Phi) is 5.46. The highest BCUT2D eigenvalue weighted by molar-refractivity contribution is 5.85. The fraction of sp³-hybridized carbons (Fsp3) is 0.278. The molecule has 0 aromatic heterocycles. The summed E-state index contributed by atoms with van der Waals surface area (Å²) in [6, 6.07) is 8.13. The zero-order valence-corrected chi connectivity index (χ0v) is 14.2. The van der Waals surface area contributed by atoms with E-state index in [1.165, 1.54) is 30.3 Å². The lowest BCUT2D eigenvalue weighted by molar-refractivity contribution is 0.0635. The number of ether oxygens (including phenoxy) is 1. The number of phenols is 1.